The van der Waals surface area contributed by atoms with Crippen LogP contribution in [0.2, 0.25) is 5.15 Å². The molecule has 0 aliphatic heterocycles. The summed E-state index contributed by atoms with van der Waals surface area (Å²) in [6.07, 6.45) is 2.49. The predicted octanol–water partition coefficient (Wildman–Crippen LogP) is 4.11. The van der Waals surface area contributed by atoms with E-state index in [9.17, 15) is 0 Å². The minimum atomic E-state index is 0.204. The first kappa shape index (κ1) is 15.0. The number of ether oxygens (including phenoxy) is 1. The topological polar surface area (TPSA) is 47.2 Å². The molecule has 0 saturated heterocycles. The first-order chi connectivity index (χ1) is 9.56. The number of nitrogens with one attached hydrogen (secondary N) is 1. The number of hydrogen-bond donors (Lipinski definition) is 1. The van der Waals surface area contributed by atoms with E-state index in [-0.39, 0.29) is 6.10 Å². The fourth-order valence-corrected chi connectivity index (χ4v) is 2.58. The molecule has 1 N–H and O–H groups in total. The van der Waals surface area contributed by atoms with E-state index in [2.05, 4.69) is 14.8 Å². The average molecular weight is 311 g/mol. The second kappa shape index (κ2) is 6.35. The van der Waals surface area contributed by atoms with Gasteiger partial charge in [0.15, 0.2) is 4.64 Å². The first-order valence-corrected chi connectivity index (χ1v) is 7.09. The Morgan fingerprint density at radius 3 is 3.00 bits per heavy atom. The van der Waals surface area contributed by atoms with Crippen molar-refractivity contribution in [1.82, 2.24) is 14.5 Å². The van der Waals surface area contributed by atoms with Gasteiger partial charge in [-0.05, 0) is 20.3 Å². The quantitative estimate of drug-likeness (QED) is 0.513. The van der Waals surface area contributed by atoms with E-state index in [0.29, 0.717) is 39.7 Å². The van der Waals surface area contributed by atoms with Crippen LogP contribution in [-0.4, -0.2) is 27.2 Å². The van der Waals surface area contributed by atoms with E-state index in [1.54, 1.807) is 0 Å². The number of aromatic amines is 1. The van der Waals surface area contributed by atoms with Crippen LogP contribution in [0.25, 0.3) is 15.9 Å². The molecule has 0 aliphatic rings. The lowest BCUT2D eigenvalue weighted by Gasteiger charge is -2.09. The third-order valence-corrected chi connectivity index (χ3v) is 3.54. The van der Waals surface area contributed by atoms with Crippen LogP contribution >= 0.6 is 23.8 Å². The van der Waals surface area contributed by atoms with Crippen LogP contribution in [0.15, 0.2) is 6.33 Å². The van der Waals surface area contributed by atoms with Crippen molar-refractivity contribution in [2.45, 2.75) is 32.9 Å². The van der Waals surface area contributed by atoms with Crippen molar-refractivity contribution in [1.29, 1.82) is 0 Å². The van der Waals surface area contributed by atoms with Crippen LogP contribution in [-0.2, 0) is 11.3 Å². The Hall–Kier alpha value is -1.42. The van der Waals surface area contributed by atoms with Gasteiger partial charge >= 0.3 is 0 Å². The highest BCUT2D eigenvalue weighted by Gasteiger charge is 2.17. The molecule has 0 fully saturated rings. The van der Waals surface area contributed by atoms with Gasteiger partial charge in [-0.25, -0.2) is 9.83 Å². The number of fused-ring (bicyclic) bond motifs is 1. The highest BCUT2D eigenvalue weighted by atomic mass is 35.5. The van der Waals surface area contributed by atoms with Crippen molar-refractivity contribution in [2.24, 2.45) is 0 Å². The normalized spacial score (nSPS) is 11.2. The highest BCUT2D eigenvalue weighted by molar-refractivity contribution is 7.71. The van der Waals surface area contributed by atoms with E-state index < -0.39 is 0 Å². The van der Waals surface area contributed by atoms with Crippen molar-refractivity contribution in [3.63, 3.8) is 0 Å². The van der Waals surface area contributed by atoms with Gasteiger partial charge in [0.25, 0.3) is 0 Å². The smallest absolute Gasteiger partial charge is 0.246 e. The maximum atomic E-state index is 7.25. The summed E-state index contributed by atoms with van der Waals surface area (Å²) in [5.74, 6) is 0. The van der Waals surface area contributed by atoms with Crippen molar-refractivity contribution in [2.75, 3.05) is 6.61 Å². The van der Waals surface area contributed by atoms with Crippen LogP contribution in [0.5, 0.6) is 0 Å². The van der Waals surface area contributed by atoms with Gasteiger partial charge in [-0.3, -0.25) is 0 Å². The lowest BCUT2D eigenvalue weighted by atomic mass is 10.4. The number of rotatable bonds is 5. The van der Waals surface area contributed by atoms with Crippen molar-refractivity contribution < 1.29 is 4.74 Å². The predicted molar refractivity (Wildman–Crippen MR) is 81.9 cm³/mol. The van der Waals surface area contributed by atoms with Crippen LogP contribution in [0.1, 0.15) is 20.3 Å². The summed E-state index contributed by atoms with van der Waals surface area (Å²) in [6.45, 7) is 12.5. The Bertz CT molecular complexity index is 713. The SMILES string of the molecule is [C-]#[N+]c1c(Cl)n(CCCOC(C)C)c2c(=S)nc[nH]c12. The molecule has 0 aromatic carbocycles. The van der Waals surface area contributed by atoms with E-state index in [4.69, 9.17) is 35.1 Å². The lowest BCUT2D eigenvalue weighted by molar-refractivity contribution is 0.0750. The van der Waals surface area contributed by atoms with E-state index in [1.807, 2.05) is 18.4 Å². The molecule has 0 atom stereocenters. The number of aromatic nitrogens is 3. The number of nitrogens with zero attached hydrogens (tertiary/aromatic N) is 3. The molecule has 0 radical (unpaired) electrons. The molecule has 20 heavy (non-hydrogen) atoms. The van der Waals surface area contributed by atoms with Gasteiger partial charge in [0.2, 0.25) is 5.69 Å². The largest absolute Gasteiger partial charge is 0.379 e. The van der Waals surface area contributed by atoms with Gasteiger partial charge in [0.05, 0.1) is 30.0 Å². The molecule has 0 bridgehead atoms. The Kier molecular flexibility index (Phi) is 4.76. The third kappa shape index (κ3) is 2.85. The van der Waals surface area contributed by atoms with E-state index >= 15 is 0 Å². The third-order valence-electron chi connectivity index (χ3n) is 2.86. The number of halogens is 1. The van der Waals surface area contributed by atoms with Gasteiger partial charge < -0.3 is 14.3 Å². The molecule has 106 valence electrons. The summed E-state index contributed by atoms with van der Waals surface area (Å²) >= 11 is 11.5. The number of hydrogen-bond acceptors (Lipinski definition) is 3. The summed E-state index contributed by atoms with van der Waals surface area (Å²) in [5, 5.41) is 0.398. The molecule has 0 unspecified atom stereocenters. The zero-order valence-electron chi connectivity index (χ0n) is 11.3. The summed E-state index contributed by atoms with van der Waals surface area (Å²) in [4.78, 5) is 10.5. The molecule has 2 rings (SSSR count). The Morgan fingerprint density at radius 1 is 1.60 bits per heavy atom. The summed E-state index contributed by atoms with van der Waals surface area (Å²) in [7, 11) is 0. The molecule has 2 aromatic rings. The van der Waals surface area contributed by atoms with Crippen molar-refractivity contribution >= 4 is 40.5 Å². The number of H-pyrrole nitrogens is 1. The maximum Gasteiger partial charge on any atom is 0.246 e. The first-order valence-electron chi connectivity index (χ1n) is 6.30. The van der Waals surface area contributed by atoms with Gasteiger partial charge in [-0.15, -0.1) is 0 Å². The maximum absolute atomic E-state index is 7.25. The van der Waals surface area contributed by atoms with Crippen LogP contribution in [0, 0.1) is 11.2 Å². The molecule has 0 saturated carbocycles. The zero-order chi connectivity index (χ0) is 14.7. The monoisotopic (exact) mass is 310 g/mol. The van der Waals surface area contributed by atoms with Crippen LogP contribution in [0.4, 0.5) is 5.69 Å². The van der Waals surface area contributed by atoms with Gasteiger partial charge in [-0.2, -0.15) is 0 Å². The van der Waals surface area contributed by atoms with Crippen molar-refractivity contribution in [3.8, 4) is 0 Å². The molecular weight excluding hydrogens is 296 g/mol. The van der Waals surface area contributed by atoms with E-state index in [0.717, 1.165) is 6.42 Å². The lowest BCUT2D eigenvalue weighted by Crippen LogP contribution is -2.07. The van der Waals surface area contributed by atoms with Gasteiger partial charge in [0, 0.05) is 13.2 Å². The standard InChI is InChI=1S/C13H15ClN4OS/c1-8(2)19-6-4-5-18-11-9(10(15-3)12(18)14)16-7-17-13(11)20/h7-8H,4-6H2,1-2H3,(H,16,17,20). The molecule has 7 heteroatoms. The zero-order valence-corrected chi connectivity index (χ0v) is 12.9. The summed E-state index contributed by atoms with van der Waals surface area (Å²) in [5.41, 5.74) is 1.75. The Labute approximate surface area is 127 Å². The molecule has 0 spiro atoms. The molecule has 0 amide bonds. The summed E-state index contributed by atoms with van der Waals surface area (Å²) in [6, 6.07) is 0. The minimum Gasteiger partial charge on any atom is -0.379 e. The van der Waals surface area contributed by atoms with E-state index in [1.165, 1.54) is 6.33 Å². The second-order valence-corrected chi connectivity index (χ2v) is 5.35. The molecular formula is C13H15ClN4OS. The molecule has 2 aromatic heterocycles. The van der Waals surface area contributed by atoms with Gasteiger partial charge in [-0.1, -0.05) is 23.8 Å². The fraction of sp³-hybridized carbons (Fsp3) is 0.462. The Balaban J connectivity index is 2.36. The molecule has 2 heterocycles. The average Bonchev–Trinajstić information content (AvgIpc) is 2.68. The minimum absolute atomic E-state index is 0.204. The van der Waals surface area contributed by atoms with Crippen LogP contribution in [0.3, 0.4) is 0 Å². The molecule has 5 nitrogen and oxygen atoms in total. The molecule has 0 aliphatic carbocycles. The fourth-order valence-electron chi connectivity index (χ4n) is 2.01. The van der Waals surface area contributed by atoms with Gasteiger partial charge in [0.1, 0.15) is 5.15 Å². The number of aryl methyl sites for hydroxylation is 1. The Morgan fingerprint density at radius 2 is 2.35 bits per heavy atom. The van der Waals surface area contributed by atoms with Crippen LogP contribution < -0.4 is 0 Å². The van der Waals surface area contributed by atoms with Crippen molar-refractivity contribution in [3.05, 3.63) is 27.5 Å². The second-order valence-electron chi connectivity index (χ2n) is 4.61. The summed E-state index contributed by atoms with van der Waals surface area (Å²) < 4.78 is 7.79. The highest BCUT2D eigenvalue weighted by Crippen LogP contribution is 2.36.